The number of carbonyl (C=O) groups is 1. The van der Waals surface area contributed by atoms with Crippen molar-refractivity contribution in [1.82, 2.24) is 10.2 Å². The first kappa shape index (κ1) is 15.0. The fraction of sp³-hybridized carbons (Fsp3) is 0.562. The molecule has 0 spiro atoms. The molecule has 4 heteroatoms. The Labute approximate surface area is 120 Å². The van der Waals surface area contributed by atoms with Crippen LogP contribution in [-0.2, 0) is 6.54 Å². The summed E-state index contributed by atoms with van der Waals surface area (Å²) in [6.45, 7) is 8.14. The topological polar surface area (TPSA) is 52.6 Å². The van der Waals surface area contributed by atoms with Crippen LogP contribution in [0.3, 0.4) is 0 Å². The maximum Gasteiger partial charge on any atom is 0.336 e. The zero-order valence-electron chi connectivity index (χ0n) is 12.3. The molecular formula is C16H24N2O2. The molecule has 0 amide bonds. The van der Waals surface area contributed by atoms with Gasteiger partial charge in [-0.2, -0.15) is 0 Å². The summed E-state index contributed by atoms with van der Waals surface area (Å²) in [6, 6.07) is 7.82. The van der Waals surface area contributed by atoms with Crippen molar-refractivity contribution >= 4 is 5.97 Å². The van der Waals surface area contributed by atoms with E-state index in [4.69, 9.17) is 0 Å². The summed E-state index contributed by atoms with van der Waals surface area (Å²) < 4.78 is 0. The van der Waals surface area contributed by atoms with Crippen molar-refractivity contribution in [2.45, 2.75) is 32.9 Å². The summed E-state index contributed by atoms with van der Waals surface area (Å²) in [5, 5.41) is 12.7. The molecule has 0 radical (unpaired) electrons. The van der Waals surface area contributed by atoms with Gasteiger partial charge in [-0.25, -0.2) is 4.79 Å². The number of carboxylic acids is 1. The Bertz CT molecular complexity index is 460. The van der Waals surface area contributed by atoms with Crippen molar-refractivity contribution in [2.24, 2.45) is 5.92 Å². The molecule has 1 aliphatic rings. The van der Waals surface area contributed by atoms with Gasteiger partial charge in [0.2, 0.25) is 0 Å². The number of nitrogens with one attached hydrogen (secondary N) is 1. The van der Waals surface area contributed by atoms with Gasteiger partial charge in [0.15, 0.2) is 0 Å². The van der Waals surface area contributed by atoms with E-state index >= 15 is 0 Å². The van der Waals surface area contributed by atoms with E-state index < -0.39 is 5.97 Å². The fourth-order valence-electron chi connectivity index (χ4n) is 2.87. The van der Waals surface area contributed by atoms with Gasteiger partial charge in [-0.15, -0.1) is 0 Å². The third-order valence-corrected chi connectivity index (χ3v) is 3.84. The van der Waals surface area contributed by atoms with E-state index in [0.29, 0.717) is 17.5 Å². The van der Waals surface area contributed by atoms with Gasteiger partial charge < -0.3 is 10.4 Å². The Kier molecular flexibility index (Phi) is 5.15. The van der Waals surface area contributed by atoms with Crippen LogP contribution in [0.4, 0.5) is 0 Å². The lowest BCUT2D eigenvalue weighted by Gasteiger charge is -2.37. The molecule has 20 heavy (non-hydrogen) atoms. The van der Waals surface area contributed by atoms with E-state index in [9.17, 15) is 9.90 Å². The van der Waals surface area contributed by atoms with E-state index in [1.165, 1.54) is 0 Å². The van der Waals surface area contributed by atoms with Gasteiger partial charge in [0.05, 0.1) is 5.56 Å². The monoisotopic (exact) mass is 276 g/mol. The number of nitrogens with zero attached hydrogens (tertiary/aromatic N) is 1. The molecule has 0 aromatic heterocycles. The van der Waals surface area contributed by atoms with Crippen molar-refractivity contribution in [3.8, 4) is 0 Å². The molecule has 0 aliphatic carbocycles. The van der Waals surface area contributed by atoms with E-state index in [1.54, 1.807) is 12.1 Å². The van der Waals surface area contributed by atoms with Gasteiger partial charge in [0.25, 0.3) is 0 Å². The van der Waals surface area contributed by atoms with Crippen molar-refractivity contribution in [3.05, 3.63) is 35.4 Å². The van der Waals surface area contributed by atoms with Crippen LogP contribution in [0.15, 0.2) is 24.3 Å². The van der Waals surface area contributed by atoms with E-state index in [2.05, 4.69) is 24.1 Å². The largest absolute Gasteiger partial charge is 0.478 e. The average molecular weight is 276 g/mol. The summed E-state index contributed by atoms with van der Waals surface area (Å²) in [5.74, 6) is -0.187. The van der Waals surface area contributed by atoms with Crippen LogP contribution in [0.5, 0.6) is 0 Å². The number of hydrogen-bond acceptors (Lipinski definition) is 3. The van der Waals surface area contributed by atoms with E-state index in [-0.39, 0.29) is 0 Å². The molecule has 2 rings (SSSR count). The van der Waals surface area contributed by atoms with Gasteiger partial charge in [0, 0.05) is 32.2 Å². The summed E-state index contributed by atoms with van der Waals surface area (Å²) >= 11 is 0. The SMILES string of the molecule is CC(C)C[C@@H]1CNCCN1Cc1ccccc1C(=O)O. The van der Waals surface area contributed by atoms with Gasteiger partial charge in [0.1, 0.15) is 0 Å². The molecule has 1 aliphatic heterocycles. The number of aromatic carboxylic acids is 1. The third-order valence-electron chi connectivity index (χ3n) is 3.84. The molecule has 1 atom stereocenters. The lowest BCUT2D eigenvalue weighted by Crippen LogP contribution is -2.51. The summed E-state index contributed by atoms with van der Waals surface area (Å²) in [4.78, 5) is 13.7. The second kappa shape index (κ2) is 6.86. The standard InChI is InChI=1S/C16H24N2O2/c1-12(2)9-14-10-17-7-8-18(14)11-13-5-3-4-6-15(13)16(19)20/h3-6,12,14,17H,7-11H2,1-2H3,(H,19,20)/t14-/m1/s1. The van der Waals surface area contributed by atoms with Crippen molar-refractivity contribution in [3.63, 3.8) is 0 Å². The van der Waals surface area contributed by atoms with Crippen LogP contribution in [0.2, 0.25) is 0 Å². The second-order valence-electron chi connectivity index (χ2n) is 5.92. The lowest BCUT2D eigenvalue weighted by atomic mass is 9.99. The number of piperazine rings is 1. The first-order valence-electron chi connectivity index (χ1n) is 7.34. The minimum Gasteiger partial charge on any atom is -0.478 e. The van der Waals surface area contributed by atoms with Gasteiger partial charge >= 0.3 is 5.97 Å². The quantitative estimate of drug-likeness (QED) is 0.865. The first-order valence-corrected chi connectivity index (χ1v) is 7.34. The molecule has 0 saturated carbocycles. The van der Waals surface area contributed by atoms with Crippen molar-refractivity contribution in [2.75, 3.05) is 19.6 Å². The minimum absolute atomic E-state index is 0.425. The Morgan fingerprint density at radius 1 is 1.45 bits per heavy atom. The Balaban J connectivity index is 2.12. The highest BCUT2D eigenvalue weighted by Crippen LogP contribution is 2.18. The summed E-state index contributed by atoms with van der Waals surface area (Å²) in [6.07, 6.45) is 1.14. The normalized spacial score (nSPS) is 20.2. The van der Waals surface area contributed by atoms with E-state index in [1.807, 2.05) is 12.1 Å². The molecular weight excluding hydrogens is 252 g/mol. The molecule has 1 heterocycles. The maximum absolute atomic E-state index is 11.3. The fourth-order valence-corrected chi connectivity index (χ4v) is 2.87. The molecule has 1 aromatic rings. The molecule has 1 fully saturated rings. The maximum atomic E-state index is 11.3. The van der Waals surface area contributed by atoms with Crippen LogP contribution >= 0.6 is 0 Å². The van der Waals surface area contributed by atoms with Crippen LogP contribution in [-0.4, -0.2) is 41.7 Å². The molecule has 1 saturated heterocycles. The Morgan fingerprint density at radius 2 is 2.20 bits per heavy atom. The zero-order chi connectivity index (χ0) is 14.5. The number of benzene rings is 1. The van der Waals surface area contributed by atoms with Crippen LogP contribution in [0.25, 0.3) is 0 Å². The van der Waals surface area contributed by atoms with Gasteiger partial charge in [-0.3, -0.25) is 4.90 Å². The van der Waals surface area contributed by atoms with Crippen molar-refractivity contribution in [1.29, 1.82) is 0 Å². The molecule has 4 nitrogen and oxygen atoms in total. The minimum atomic E-state index is -0.837. The van der Waals surface area contributed by atoms with Crippen molar-refractivity contribution < 1.29 is 9.90 Å². The predicted molar refractivity (Wildman–Crippen MR) is 79.9 cm³/mol. The predicted octanol–water partition coefficient (Wildman–Crippen LogP) is 2.20. The van der Waals surface area contributed by atoms with Crippen LogP contribution in [0, 0.1) is 5.92 Å². The van der Waals surface area contributed by atoms with Gasteiger partial charge in [-0.05, 0) is 24.0 Å². The Morgan fingerprint density at radius 3 is 2.90 bits per heavy atom. The third kappa shape index (κ3) is 3.81. The second-order valence-corrected chi connectivity index (χ2v) is 5.92. The Hall–Kier alpha value is -1.39. The lowest BCUT2D eigenvalue weighted by molar-refractivity contribution is 0.0692. The molecule has 0 bridgehead atoms. The van der Waals surface area contributed by atoms with Crippen LogP contribution < -0.4 is 5.32 Å². The number of hydrogen-bond donors (Lipinski definition) is 2. The molecule has 0 unspecified atom stereocenters. The summed E-state index contributed by atoms with van der Waals surface area (Å²) in [7, 11) is 0. The highest BCUT2D eigenvalue weighted by Gasteiger charge is 2.24. The first-order chi connectivity index (χ1) is 9.58. The molecule has 2 N–H and O–H groups in total. The summed E-state index contributed by atoms with van der Waals surface area (Å²) in [5.41, 5.74) is 1.34. The molecule has 110 valence electrons. The van der Waals surface area contributed by atoms with Gasteiger partial charge in [-0.1, -0.05) is 32.0 Å². The molecule has 1 aromatic carbocycles. The van der Waals surface area contributed by atoms with Crippen LogP contribution in [0.1, 0.15) is 36.2 Å². The number of rotatable bonds is 5. The average Bonchev–Trinajstić information content (AvgIpc) is 2.41. The van der Waals surface area contributed by atoms with E-state index in [0.717, 1.165) is 38.2 Å². The smallest absolute Gasteiger partial charge is 0.336 e. The highest BCUT2D eigenvalue weighted by atomic mass is 16.4. The number of carboxylic acid groups (broad SMARTS) is 1. The highest BCUT2D eigenvalue weighted by molar-refractivity contribution is 5.89. The zero-order valence-corrected chi connectivity index (χ0v) is 12.3.